The lowest BCUT2D eigenvalue weighted by molar-refractivity contribution is 0.0116. The maximum atomic E-state index is 13.6. The van der Waals surface area contributed by atoms with Crippen LogP contribution in [0.5, 0.6) is 5.75 Å². The molecule has 1 aromatic rings. The van der Waals surface area contributed by atoms with E-state index < -0.39 is 29.7 Å². The summed E-state index contributed by atoms with van der Waals surface area (Å²) in [5, 5.41) is 22.3. The Morgan fingerprint density at radius 3 is 2.55 bits per heavy atom. The van der Waals surface area contributed by atoms with Crippen LogP contribution in [0.2, 0.25) is 0 Å². The summed E-state index contributed by atoms with van der Waals surface area (Å²) in [6.45, 7) is 4.86. The third-order valence-electron chi connectivity index (χ3n) is 2.74. The van der Waals surface area contributed by atoms with Crippen LogP contribution in [0.1, 0.15) is 32.4 Å². The van der Waals surface area contributed by atoms with E-state index in [0.717, 1.165) is 0 Å². The summed E-state index contributed by atoms with van der Waals surface area (Å²) >= 11 is 0. The SMILES string of the molecule is COc1c(F)cccc1C(O)C(O)CNC(=O)OC(C)(C)C. The highest BCUT2D eigenvalue weighted by molar-refractivity contribution is 5.67. The van der Waals surface area contributed by atoms with Crippen LogP contribution in [0.15, 0.2) is 18.2 Å². The summed E-state index contributed by atoms with van der Waals surface area (Å²) < 4.78 is 23.5. The Balaban J connectivity index is 2.68. The first-order valence-corrected chi connectivity index (χ1v) is 6.81. The summed E-state index contributed by atoms with van der Waals surface area (Å²) in [6, 6.07) is 4.01. The molecule has 0 aliphatic carbocycles. The molecule has 1 aromatic carbocycles. The summed E-state index contributed by atoms with van der Waals surface area (Å²) in [5.74, 6) is -0.794. The van der Waals surface area contributed by atoms with Gasteiger partial charge in [0.05, 0.1) is 7.11 Å². The number of carbonyl (C=O) groups excluding carboxylic acids is 1. The van der Waals surface area contributed by atoms with Gasteiger partial charge in [0.1, 0.15) is 17.8 Å². The summed E-state index contributed by atoms with van der Waals surface area (Å²) in [7, 11) is 1.26. The Morgan fingerprint density at radius 1 is 1.36 bits per heavy atom. The van der Waals surface area contributed by atoms with E-state index in [1.54, 1.807) is 20.8 Å². The van der Waals surface area contributed by atoms with Crippen molar-refractivity contribution >= 4 is 6.09 Å². The fourth-order valence-corrected chi connectivity index (χ4v) is 1.79. The average Bonchev–Trinajstić information content (AvgIpc) is 2.41. The number of carbonyl (C=O) groups is 1. The van der Waals surface area contributed by atoms with Crippen molar-refractivity contribution in [3.05, 3.63) is 29.6 Å². The van der Waals surface area contributed by atoms with E-state index in [2.05, 4.69) is 5.32 Å². The highest BCUT2D eigenvalue weighted by Crippen LogP contribution is 2.29. The molecular formula is C15H22FNO5. The molecule has 2 atom stereocenters. The van der Waals surface area contributed by atoms with Gasteiger partial charge < -0.3 is 25.0 Å². The normalized spacial score (nSPS) is 14.1. The smallest absolute Gasteiger partial charge is 0.407 e. The van der Waals surface area contributed by atoms with Crippen molar-refractivity contribution in [1.82, 2.24) is 5.32 Å². The third-order valence-corrected chi connectivity index (χ3v) is 2.74. The number of hydrogen-bond donors (Lipinski definition) is 3. The molecule has 6 nitrogen and oxygen atoms in total. The largest absolute Gasteiger partial charge is 0.493 e. The van der Waals surface area contributed by atoms with Crippen LogP contribution in [-0.2, 0) is 4.74 Å². The molecule has 1 rings (SSSR count). The van der Waals surface area contributed by atoms with Crippen molar-refractivity contribution < 1.29 is 28.9 Å². The van der Waals surface area contributed by atoms with Crippen molar-refractivity contribution in [3.8, 4) is 5.75 Å². The molecule has 0 aromatic heterocycles. The second-order valence-electron chi connectivity index (χ2n) is 5.76. The van der Waals surface area contributed by atoms with Crippen LogP contribution in [0.25, 0.3) is 0 Å². The molecule has 0 spiro atoms. The number of alkyl carbamates (subject to hydrolysis) is 1. The molecular weight excluding hydrogens is 293 g/mol. The Morgan fingerprint density at radius 2 is 2.00 bits per heavy atom. The summed E-state index contributed by atoms with van der Waals surface area (Å²) in [5.41, 5.74) is -0.569. The molecule has 0 saturated carbocycles. The van der Waals surface area contributed by atoms with Gasteiger partial charge in [0, 0.05) is 12.1 Å². The minimum atomic E-state index is -1.42. The lowest BCUT2D eigenvalue weighted by Crippen LogP contribution is -2.38. The molecule has 0 radical (unpaired) electrons. The fraction of sp³-hybridized carbons (Fsp3) is 0.533. The molecule has 124 valence electrons. The van der Waals surface area contributed by atoms with Crippen molar-refractivity contribution in [1.29, 1.82) is 0 Å². The number of halogens is 1. The molecule has 0 heterocycles. The molecule has 0 saturated heterocycles. The number of para-hydroxylation sites is 1. The van der Waals surface area contributed by atoms with E-state index in [4.69, 9.17) is 9.47 Å². The van der Waals surface area contributed by atoms with Gasteiger partial charge in [-0.1, -0.05) is 12.1 Å². The van der Waals surface area contributed by atoms with Gasteiger partial charge in [0.2, 0.25) is 0 Å². The van der Waals surface area contributed by atoms with E-state index in [1.165, 1.54) is 25.3 Å². The topological polar surface area (TPSA) is 88.0 Å². The van der Waals surface area contributed by atoms with Crippen molar-refractivity contribution in [2.75, 3.05) is 13.7 Å². The third kappa shape index (κ3) is 5.16. The van der Waals surface area contributed by atoms with Crippen LogP contribution in [0.3, 0.4) is 0 Å². The Labute approximate surface area is 128 Å². The Kier molecular flexibility index (Phi) is 6.13. The number of benzene rings is 1. The molecule has 1 amide bonds. The minimum Gasteiger partial charge on any atom is -0.493 e. The predicted octanol–water partition coefficient (Wildman–Crippen LogP) is 1.75. The molecule has 0 fully saturated rings. The monoisotopic (exact) mass is 315 g/mol. The molecule has 0 aliphatic heterocycles. The molecule has 22 heavy (non-hydrogen) atoms. The van der Waals surface area contributed by atoms with E-state index in [9.17, 15) is 19.4 Å². The number of aliphatic hydroxyl groups is 2. The number of methoxy groups -OCH3 is 1. The number of nitrogens with one attached hydrogen (secondary N) is 1. The highest BCUT2D eigenvalue weighted by atomic mass is 19.1. The molecule has 7 heteroatoms. The van der Waals surface area contributed by atoms with Gasteiger partial charge in [-0.25, -0.2) is 9.18 Å². The van der Waals surface area contributed by atoms with Crippen LogP contribution < -0.4 is 10.1 Å². The zero-order valence-electron chi connectivity index (χ0n) is 13.1. The van der Waals surface area contributed by atoms with Crippen LogP contribution >= 0.6 is 0 Å². The number of aliphatic hydroxyl groups excluding tert-OH is 2. The second kappa shape index (κ2) is 7.42. The predicted molar refractivity (Wildman–Crippen MR) is 78.2 cm³/mol. The first kappa shape index (κ1) is 18.2. The Bertz CT molecular complexity index is 515. The minimum absolute atomic E-state index is 0.0981. The molecule has 0 bridgehead atoms. The molecule has 3 N–H and O–H groups in total. The number of amides is 1. The number of hydrogen-bond acceptors (Lipinski definition) is 5. The van der Waals surface area contributed by atoms with E-state index in [0.29, 0.717) is 0 Å². The lowest BCUT2D eigenvalue weighted by atomic mass is 10.0. The van der Waals surface area contributed by atoms with Gasteiger partial charge in [0.25, 0.3) is 0 Å². The maximum absolute atomic E-state index is 13.6. The lowest BCUT2D eigenvalue weighted by Gasteiger charge is -2.23. The molecule has 2 unspecified atom stereocenters. The van der Waals surface area contributed by atoms with Gasteiger partial charge in [-0.3, -0.25) is 0 Å². The van der Waals surface area contributed by atoms with Gasteiger partial charge >= 0.3 is 6.09 Å². The van der Waals surface area contributed by atoms with Crippen molar-refractivity contribution in [3.63, 3.8) is 0 Å². The quantitative estimate of drug-likeness (QED) is 0.770. The second-order valence-corrected chi connectivity index (χ2v) is 5.76. The van der Waals surface area contributed by atoms with Crippen molar-refractivity contribution in [2.45, 2.75) is 38.6 Å². The summed E-state index contributed by atoms with van der Waals surface area (Å²) in [4.78, 5) is 11.5. The van der Waals surface area contributed by atoms with E-state index in [1.807, 2.05) is 0 Å². The van der Waals surface area contributed by atoms with Crippen LogP contribution in [0.4, 0.5) is 9.18 Å². The van der Waals surface area contributed by atoms with Gasteiger partial charge in [-0.05, 0) is 26.8 Å². The number of ether oxygens (including phenoxy) is 2. The zero-order valence-corrected chi connectivity index (χ0v) is 13.1. The fourth-order valence-electron chi connectivity index (χ4n) is 1.79. The highest BCUT2D eigenvalue weighted by Gasteiger charge is 2.25. The van der Waals surface area contributed by atoms with Gasteiger partial charge in [-0.2, -0.15) is 0 Å². The van der Waals surface area contributed by atoms with Crippen LogP contribution in [0, 0.1) is 5.82 Å². The Hall–Kier alpha value is -1.86. The van der Waals surface area contributed by atoms with Gasteiger partial charge in [-0.15, -0.1) is 0 Å². The van der Waals surface area contributed by atoms with Crippen LogP contribution in [-0.4, -0.2) is 41.7 Å². The maximum Gasteiger partial charge on any atom is 0.407 e. The van der Waals surface area contributed by atoms with E-state index >= 15 is 0 Å². The first-order chi connectivity index (χ1) is 10.2. The molecule has 0 aliphatic rings. The zero-order chi connectivity index (χ0) is 16.9. The van der Waals surface area contributed by atoms with Gasteiger partial charge in [0.15, 0.2) is 11.6 Å². The van der Waals surface area contributed by atoms with E-state index in [-0.39, 0.29) is 17.9 Å². The number of rotatable bonds is 5. The standard InChI is InChI=1S/C15H22FNO5/c1-15(2,3)22-14(20)17-8-11(18)12(19)9-6-5-7-10(16)13(9)21-4/h5-7,11-12,18-19H,8H2,1-4H3,(H,17,20). The average molecular weight is 315 g/mol. The van der Waals surface area contributed by atoms with Crippen molar-refractivity contribution in [2.24, 2.45) is 0 Å². The summed E-state index contributed by atoms with van der Waals surface area (Å²) in [6.07, 6.45) is -3.48. The first-order valence-electron chi connectivity index (χ1n) is 6.81.